The number of aryl methyl sites for hydroxylation is 1. The largest absolute Gasteiger partial charge is 0.489 e. The van der Waals surface area contributed by atoms with Crippen molar-refractivity contribution >= 4 is 16.8 Å². The van der Waals surface area contributed by atoms with Gasteiger partial charge in [0.2, 0.25) is 5.91 Å². The van der Waals surface area contributed by atoms with Gasteiger partial charge in [-0.3, -0.25) is 9.69 Å². The zero-order valence-corrected chi connectivity index (χ0v) is 14.8. The lowest BCUT2D eigenvalue weighted by Crippen LogP contribution is -2.39. The first kappa shape index (κ1) is 16.7. The van der Waals surface area contributed by atoms with Crippen LogP contribution >= 0.6 is 0 Å². The number of primary amides is 1. The summed E-state index contributed by atoms with van der Waals surface area (Å²) < 4.78 is 8.18. The third kappa shape index (κ3) is 3.18. The van der Waals surface area contributed by atoms with Crippen LogP contribution in [0.15, 0.2) is 60.8 Å². The second-order valence-corrected chi connectivity index (χ2v) is 6.92. The van der Waals surface area contributed by atoms with Gasteiger partial charge in [0.05, 0.1) is 6.04 Å². The predicted octanol–water partition coefficient (Wildman–Crippen LogP) is 2.69. The van der Waals surface area contributed by atoms with Crippen LogP contribution in [0.25, 0.3) is 10.9 Å². The predicted molar refractivity (Wildman–Crippen MR) is 102 cm³/mol. The molecule has 5 nitrogen and oxygen atoms in total. The molecule has 0 saturated carbocycles. The molecule has 0 bridgehead atoms. The number of aromatic nitrogens is 1. The van der Waals surface area contributed by atoms with E-state index in [1.807, 2.05) is 49.5 Å². The zero-order chi connectivity index (χ0) is 18.1. The Labute approximate surface area is 153 Å². The van der Waals surface area contributed by atoms with Crippen molar-refractivity contribution in [2.45, 2.75) is 25.1 Å². The van der Waals surface area contributed by atoms with Gasteiger partial charge in [0, 0.05) is 43.7 Å². The molecule has 1 amide bonds. The summed E-state index contributed by atoms with van der Waals surface area (Å²) in [6.45, 7) is 1.37. The van der Waals surface area contributed by atoms with Crippen molar-refractivity contribution in [2.75, 3.05) is 6.54 Å². The molecule has 5 heteroatoms. The molecule has 0 spiro atoms. The number of fused-ring (bicyclic) bond motifs is 1. The smallest absolute Gasteiger partial charge is 0.234 e. The van der Waals surface area contributed by atoms with Crippen LogP contribution in [0, 0.1) is 0 Å². The molecule has 0 aliphatic carbocycles. The highest BCUT2D eigenvalue weighted by atomic mass is 16.5. The van der Waals surface area contributed by atoms with E-state index in [9.17, 15) is 4.79 Å². The van der Waals surface area contributed by atoms with E-state index in [0.29, 0.717) is 19.5 Å². The maximum atomic E-state index is 12.0. The summed E-state index contributed by atoms with van der Waals surface area (Å²) in [5.41, 5.74) is 8.07. The van der Waals surface area contributed by atoms with Gasteiger partial charge in [0.1, 0.15) is 11.9 Å². The van der Waals surface area contributed by atoms with Crippen molar-refractivity contribution in [1.29, 1.82) is 0 Å². The molecule has 3 aromatic rings. The van der Waals surface area contributed by atoms with Gasteiger partial charge in [0.15, 0.2) is 0 Å². The first-order chi connectivity index (χ1) is 12.6. The van der Waals surface area contributed by atoms with Crippen LogP contribution in [-0.4, -0.2) is 34.1 Å². The van der Waals surface area contributed by atoms with E-state index in [1.54, 1.807) is 0 Å². The van der Waals surface area contributed by atoms with Crippen LogP contribution < -0.4 is 10.5 Å². The number of hydrogen-bond donors (Lipinski definition) is 1. The fourth-order valence-electron chi connectivity index (χ4n) is 3.88. The second kappa shape index (κ2) is 6.84. The third-order valence-electron chi connectivity index (χ3n) is 5.09. The summed E-state index contributed by atoms with van der Waals surface area (Å²) in [5.74, 6) is 0.539. The maximum absolute atomic E-state index is 12.0. The van der Waals surface area contributed by atoms with Gasteiger partial charge >= 0.3 is 0 Å². The highest BCUT2D eigenvalue weighted by molar-refractivity contribution is 5.84. The zero-order valence-electron chi connectivity index (χ0n) is 14.8. The summed E-state index contributed by atoms with van der Waals surface area (Å²) in [6, 6.07) is 17.7. The lowest BCUT2D eigenvalue weighted by Gasteiger charge is -2.21. The van der Waals surface area contributed by atoms with Crippen LogP contribution in [0.3, 0.4) is 0 Å². The van der Waals surface area contributed by atoms with E-state index in [2.05, 4.69) is 27.8 Å². The Hall–Kier alpha value is -2.79. The van der Waals surface area contributed by atoms with E-state index >= 15 is 0 Å². The summed E-state index contributed by atoms with van der Waals surface area (Å²) in [4.78, 5) is 14.1. The van der Waals surface area contributed by atoms with Gasteiger partial charge in [0.25, 0.3) is 0 Å². The van der Waals surface area contributed by atoms with Gasteiger partial charge in [-0.05, 0) is 23.8 Å². The highest BCUT2D eigenvalue weighted by Crippen LogP contribution is 2.28. The SMILES string of the molecule is Cn1cc(CN2C[C@@H](Oc3ccccc3)C[C@H]2C(N)=O)c2ccccc21. The van der Waals surface area contributed by atoms with Crippen LogP contribution in [-0.2, 0) is 18.4 Å². The Bertz CT molecular complexity index is 919. The number of nitrogens with two attached hydrogens (primary N) is 1. The Kier molecular flexibility index (Phi) is 4.39. The lowest BCUT2D eigenvalue weighted by atomic mass is 10.1. The van der Waals surface area contributed by atoms with Crippen molar-refractivity contribution in [3.63, 3.8) is 0 Å². The molecule has 4 rings (SSSR count). The highest BCUT2D eigenvalue weighted by Gasteiger charge is 2.37. The number of rotatable bonds is 5. The van der Waals surface area contributed by atoms with Crippen LogP contribution in [0.1, 0.15) is 12.0 Å². The summed E-state index contributed by atoms with van der Waals surface area (Å²) in [7, 11) is 2.04. The molecule has 0 radical (unpaired) electrons. The number of nitrogens with zero attached hydrogens (tertiary/aromatic N) is 2. The molecule has 2 atom stereocenters. The molecule has 2 N–H and O–H groups in total. The number of ether oxygens (including phenoxy) is 1. The third-order valence-corrected chi connectivity index (χ3v) is 5.09. The van der Waals surface area contributed by atoms with Gasteiger partial charge in [-0.25, -0.2) is 0 Å². The second-order valence-electron chi connectivity index (χ2n) is 6.92. The van der Waals surface area contributed by atoms with E-state index in [1.165, 1.54) is 16.5 Å². The summed E-state index contributed by atoms with van der Waals surface area (Å²) in [5, 5.41) is 1.21. The van der Waals surface area contributed by atoms with Crippen molar-refractivity contribution in [3.05, 3.63) is 66.4 Å². The molecule has 134 valence electrons. The minimum Gasteiger partial charge on any atom is -0.489 e. The topological polar surface area (TPSA) is 60.5 Å². The molecule has 1 fully saturated rings. The summed E-state index contributed by atoms with van der Waals surface area (Å²) in [6.07, 6.45) is 2.72. The van der Waals surface area contributed by atoms with Crippen molar-refractivity contribution in [1.82, 2.24) is 9.47 Å². The monoisotopic (exact) mass is 349 g/mol. The number of benzene rings is 2. The Morgan fingerprint density at radius 2 is 1.88 bits per heavy atom. The molecule has 2 heterocycles. The van der Waals surface area contributed by atoms with E-state index < -0.39 is 0 Å². The number of carbonyl (C=O) groups is 1. The molecular formula is C21H23N3O2. The van der Waals surface area contributed by atoms with E-state index in [0.717, 1.165) is 5.75 Å². The average molecular weight is 349 g/mol. The minimum atomic E-state index is -0.303. The molecular weight excluding hydrogens is 326 g/mol. The van der Waals surface area contributed by atoms with Crippen molar-refractivity contribution < 1.29 is 9.53 Å². The van der Waals surface area contributed by atoms with Gasteiger partial charge in [-0.1, -0.05) is 36.4 Å². The standard InChI is InChI=1S/C21H23N3O2/c1-23-12-15(18-9-5-6-10-19(18)23)13-24-14-17(11-20(24)21(22)25)26-16-7-3-2-4-8-16/h2-10,12,17,20H,11,13-14H2,1H3,(H2,22,25)/t17-,20-/m0/s1. The van der Waals surface area contributed by atoms with Gasteiger partial charge < -0.3 is 15.0 Å². The maximum Gasteiger partial charge on any atom is 0.234 e. The normalized spacial score (nSPS) is 20.5. The van der Waals surface area contributed by atoms with Crippen LogP contribution in [0.5, 0.6) is 5.75 Å². The number of likely N-dealkylation sites (tertiary alicyclic amines) is 1. The van der Waals surface area contributed by atoms with Crippen LogP contribution in [0.2, 0.25) is 0 Å². The number of hydrogen-bond acceptors (Lipinski definition) is 3. The van der Waals surface area contributed by atoms with Crippen molar-refractivity contribution in [3.8, 4) is 5.75 Å². The van der Waals surface area contributed by atoms with Gasteiger partial charge in [-0.2, -0.15) is 0 Å². The molecule has 1 aliphatic rings. The molecule has 1 saturated heterocycles. The average Bonchev–Trinajstić information content (AvgIpc) is 3.18. The number of para-hydroxylation sites is 2. The fourth-order valence-corrected chi connectivity index (χ4v) is 3.88. The molecule has 1 aliphatic heterocycles. The fraction of sp³-hybridized carbons (Fsp3) is 0.286. The Morgan fingerprint density at radius 3 is 2.65 bits per heavy atom. The Morgan fingerprint density at radius 1 is 1.15 bits per heavy atom. The van der Waals surface area contributed by atoms with Crippen LogP contribution in [0.4, 0.5) is 0 Å². The Balaban J connectivity index is 1.55. The number of carbonyl (C=O) groups excluding carboxylic acids is 1. The molecule has 2 aromatic carbocycles. The summed E-state index contributed by atoms with van der Waals surface area (Å²) >= 11 is 0. The minimum absolute atomic E-state index is 0.0372. The molecule has 0 unspecified atom stereocenters. The molecule has 26 heavy (non-hydrogen) atoms. The number of amides is 1. The molecule has 1 aromatic heterocycles. The van der Waals surface area contributed by atoms with Crippen molar-refractivity contribution in [2.24, 2.45) is 12.8 Å². The lowest BCUT2D eigenvalue weighted by molar-refractivity contribution is -0.122. The van der Waals surface area contributed by atoms with Gasteiger partial charge in [-0.15, -0.1) is 0 Å². The van der Waals surface area contributed by atoms with E-state index in [4.69, 9.17) is 10.5 Å². The first-order valence-corrected chi connectivity index (χ1v) is 8.90. The quantitative estimate of drug-likeness (QED) is 0.770. The van der Waals surface area contributed by atoms with E-state index in [-0.39, 0.29) is 18.1 Å². The first-order valence-electron chi connectivity index (χ1n) is 8.90.